The number of benzene rings is 2. The van der Waals surface area contributed by atoms with Gasteiger partial charge < -0.3 is 5.32 Å². The Hall–Kier alpha value is -1.88. The number of nitrogens with one attached hydrogen (secondary N) is 1. The highest BCUT2D eigenvalue weighted by atomic mass is 19.2. The molecule has 0 radical (unpaired) electrons. The van der Waals surface area contributed by atoms with Gasteiger partial charge in [-0.15, -0.1) is 0 Å². The fraction of sp³-hybridized carbons (Fsp3) is 0.250. The summed E-state index contributed by atoms with van der Waals surface area (Å²) in [5, 5.41) is 3.09. The van der Waals surface area contributed by atoms with Crippen molar-refractivity contribution < 1.29 is 17.6 Å². The maximum atomic E-state index is 13.2. The van der Waals surface area contributed by atoms with Gasteiger partial charge in [-0.3, -0.25) is 0 Å². The first-order valence-corrected chi connectivity index (χ1v) is 6.54. The van der Waals surface area contributed by atoms with Gasteiger partial charge in [0.25, 0.3) is 0 Å². The third-order valence-corrected chi connectivity index (χ3v) is 3.33. The second-order valence-electron chi connectivity index (χ2n) is 4.99. The lowest BCUT2D eigenvalue weighted by molar-refractivity contribution is 0.476. The third kappa shape index (κ3) is 3.82. The topological polar surface area (TPSA) is 12.0 Å². The molecule has 0 aliphatic heterocycles. The summed E-state index contributed by atoms with van der Waals surface area (Å²) in [7, 11) is 0. The van der Waals surface area contributed by atoms with E-state index in [4.69, 9.17) is 0 Å². The number of hydrogen-bond acceptors (Lipinski definition) is 1. The van der Waals surface area contributed by atoms with Crippen molar-refractivity contribution in [2.24, 2.45) is 0 Å². The van der Waals surface area contributed by atoms with E-state index in [1.165, 1.54) is 18.2 Å². The summed E-state index contributed by atoms with van der Waals surface area (Å²) in [5.74, 6) is -3.14. The minimum absolute atomic E-state index is 0.304. The van der Waals surface area contributed by atoms with E-state index < -0.39 is 23.3 Å². The van der Waals surface area contributed by atoms with Gasteiger partial charge in [0.05, 0.1) is 0 Å². The van der Waals surface area contributed by atoms with E-state index in [0.717, 1.165) is 18.2 Å². The van der Waals surface area contributed by atoms with Gasteiger partial charge in [0.2, 0.25) is 0 Å². The van der Waals surface area contributed by atoms with Gasteiger partial charge in [-0.05, 0) is 49.2 Å². The van der Waals surface area contributed by atoms with Crippen LogP contribution in [-0.4, -0.2) is 0 Å². The quantitative estimate of drug-likeness (QED) is 0.810. The maximum Gasteiger partial charge on any atom is 0.159 e. The normalized spacial score (nSPS) is 14.0. The molecule has 2 aromatic rings. The fourth-order valence-electron chi connectivity index (χ4n) is 2.17. The second kappa shape index (κ2) is 6.26. The molecule has 112 valence electrons. The average Bonchev–Trinajstić information content (AvgIpc) is 2.40. The minimum Gasteiger partial charge on any atom is -0.304 e. The van der Waals surface area contributed by atoms with Crippen LogP contribution in [0.25, 0.3) is 0 Å². The second-order valence-corrected chi connectivity index (χ2v) is 4.99. The van der Waals surface area contributed by atoms with Gasteiger partial charge in [-0.25, -0.2) is 17.6 Å². The Labute approximate surface area is 120 Å². The van der Waals surface area contributed by atoms with Gasteiger partial charge >= 0.3 is 0 Å². The molecule has 2 rings (SSSR count). The van der Waals surface area contributed by atoms with Crippen molar-refractivity contribution in [3.63, 3.8) is 0 Å². The summed E-state index contributed by atoms with van der Waals surface area (Å²) < 4.78 is 52.5. The van der Waals surface area contributed by atoms with Crippen LogP contribution in [0.5, 0.6) is 0 Å². The van der Waals surface area contributed by atoms with E-state index in [9.17, 15) is 17.6 Å². The lowest BCUT2D eigenvalue weighted by Crippen LogP contribution is -2.23. The molecule has 2 unspecified atom stereocenters. The Morgan fingerprint density at radius 3 is 1.86 bits per heavy atom. The van der Waals surface area contributed by atoms with Crippen LogP contribution < -0.4 is 5.32 Å². The highest BCUT2D eigenvalue weighted by molar-refractivity contribution is 5.24. The van der Waals surface area contributed by atoms with Crippen LogP contribution in [0.15, 0.2) is 36.4 Å². The molecule has 0 aromatic heterocycles. The highest BCUT2D eigenvalue weighted by Crippen LogP contribution is 2.22. The first-order chi connectivity index (χ1) is 9.86. The molecule has 0 aliphatic carbocycles. The molecule has 5 heteroatoms. The molecular formula is C16H15F4N. The Morgan fingerprint density at radius 2 is 1.29 bits per heavy atom. The Kier molecular flexibility index (Phi) is 4.63. The van der Waals surface area contributed by atoms with Crippen LogP contribution in [-0.2, 0) is 0 Å². The zero-order valence-electron chi connectivity index (χ0n) is 11.6. The van der Waals surface area contributed by atoms with Crippen molar-refractivity contribution in [2.75, 3.05) is 0 Å². The van der Waals surface area contributed by atoms with Crippen molar-refractivity contribution in [3.05, 3.63) is 70.8 Å². The van der Waals surface area contributed by atoms with E-state index in [0.29, 0.717) is 11.1 Å². The summed E-state index contributed by atoms with van der Waals surface area (Å²) in [6.07, 6.45) is 0. The molecule has 0 spiro atoms. The lowest BCUT2D eigenvalue weighted by atomic mass is 10.0. The van der Waals surface area contributed by atoms with Crippen molar-refractivity contribution in [3.8, 4) is 0 Å². The van der Waals surface area contributed by atoms with Crippen molar-refractivity contribution in [2.45, 2.75) is 25.9 Å². The van der Waals surface area contributed by atoms with Crippen LogP contribution >= 0.6 is 0 Å². The summed E-state index contributed by atoms with van der Waals surface area (Å²) in [5.41, 5.74) is 1.000. The number of hydrogen-bond donors (Lipinski definition) is 1. The first-order valence-electron chi connectivity index (χ1n) is 6.54. The van der Waals surface area contributed by atoms with Crippen LogP contribution in [0, 0.1) is 23.3 Å². The van der Waals surface area contributed by atoms with E-state index in [2.05, 4.69) is 5.32 Å². The molecule has 0 saturated heterocycles. The molecule has 0 heterocycles. The number of rotatable bonds is 4. The predicted molar refractivity (Wildman–Crippen MR) is 72.7 cm³/mol. The van der Waals surface area contributed by atoms with E-state index in [-0.39, 0.29) is 12.1 Å². The lowest BCUT2D eigenvalue weighted by Gasteiger charge is -2.21. The third-order valence-electron chi connectivity index (χ3n) is 3.33. The van der Waals surface area contributed by atoms with Gasteiger partial charge in [0.15, 0.2) is 11.6 Å². The van der Waals surface area contributed by atoms with Gasteiger partial charge in [-0.1, -0.05) is 6.07 Å². The molecule has 21 heavy (non-hydrogen) atoms. The number of halogens is 4. The van der Waals surface area contributed by atoms with Gasteiger partial charge in [-0.2, -0.15) is 0 Å². The fourth-order valence-corrected chi connectivity index (χ4v) is 2.17. The van der Waals surface area contributed by atoms with Crippen LogP contribution in [0.2, 0.25) is 0 Å². The molecule has 0 aliphatic rings. The SMILES string of the molecule is CC(NC(C)c1ccc(F)c(F)c1)c1cc(F)cc(F)c1. The summed E-state index contributed by atoms with van der Waals surface area (Å²) in [6, 6.07) is 6.24. The largest absolute Gasteiger partial charge is 0.304 e. The molecule has 0 amide bonds. The molecule has 1 N–H and O–H groups in total. The minimum atomic E-state index is -0.925. The molecule has 2 aromatic carbocycles. The van der Waals surface area contributed by atoms with Crippen molar-refractivity contribution in [1.29, 1.82) is 0 Å². The Bertz CT molecular complexity index is 622. The summed E-state index contributed by atoms with van der Waals surface area (Å²) in [6.45, 7) is 3.50. The average molecular weight is 297 g/mol. The maximum absolute atomic E-state index is 13.2. The van der Waals surface area contributed by atoms with E-state index in [1.807, 2.05) is 0 Å². The van der Waals surface area contributed by atoms with Crippen LogP contribution in [0.3, 0.4) is 0 Å². The van der Waals surface area contributed by atoms with Crippen molar-refractivity contribution in [1.82, 2.24) is 5.32 Å². The van der Waals surface area contributed by atoms with Gasteiger partial charge in [0, 0.05) is 18.2 Å². The predicted octanol–water partition coefficient (Wildman–Crippen LogP) is 4.65. The summed E-state index contributed by atoms with van der Waals surface area (Å²) >= 11 is 0. The zero-order valence-corrected chi connectivity index (χ0v) is 11.6. The highest BCUT2D eigenvalue weighted by Gasteiger charge is 2.14. The molecule has 0 fully saturated rings. The monoisotopic (exact) mass is 297 g/mol. The molecule has 0 saturated carbocycles. The first kappa shape index (κ1) is 15.5. The molecule has 2 atom stereocenters. The molecule has 1 nitrogen and oxygen atoms in total. The van der Waals surface area contributed by atoms with E-state index in [1.54, 1.807) is 13.8 Å². The Morgan fingerprint density at radius 1 is 0.714 bits per heavy atom. The zero-order chi connectivity index (χ0) is 15.6. The van der Waals surface area contributed by atoms with Crippen LogP contribution in [0.4, 0.5) is 17.6 Å². The van der Waals surface area contributed by atoms with E-state index >= 15 is 0 Å². The van der Waals surface area contributed by atoms with Gasteiger partial charge in [0.1, 0.15) is 11.6 Å². The smallest absolute Gasteiger partial charge is 0.159 e. The molecule has 0 bridgehead atoms. The summed E-state index contributed by atoms with van der Waals surface area (Å²) in [4.78, 5) is 0. The Balaban J connectivity index is 2.14. The molecular weight excluding hydrogens is 282 g/mol. The van der Waals surface area contributed by atoms with Crippen molar-refractivity contribution >= 4 is 0 Å². The standard InChI is InChI=1S/C16H15F4N/c1-9(11-3-4-15(19)16(20)7-11)21-10(2)12-5-13(17)8-14(18)6-12/h3-10,21H,1-2H3. The van der Waals surface area contributed by atoms with Crippen LogP contribution in [0.1, 0.15) is 37.1 Å².